The second-order valence-electron chi connectivity index (χ2n) is 4.93. The normalized spacial score (nSPS) is 15.5. The van der Waals surface area contributed by atoms with E-state index in [0.29, 0.717) is 11.4 Å². The number of benzene rings is 2. The molecule has 0 aliphatic carbocycles. The molecule has 0 aromatic heterocycles. The summed E-state index contributed by atoms with van der Waals surface area (Å²) >= 11 is 0. The number of nitrogens with two attached hydrogens (primary N) is 1. The van der Waals surface area contributed by atoms with Gasteiger partial charge in [-0.3, -0.25) is 0 Å². The number of amides is 1. The summed E-state index contributed by atoms with van der Waals surface area (Å²) in [7, 11) is 0. The lowest BCUT2D eigenvalue weighted by Crippen LogP contribution is -2.29. The van der Waals surface area contributed by atoms with E-state index in [2.05, 4.69) is 5.32 Å². The van der Waals surface area contributed by atoms with Crippen LogP contribution in [0.25, 0.3) is 0 Å². The number of nitrogen functional groups attached to an aromatic ring is 1. The van der Waals surface area contributed by atoms with E-state index in [0.717, 1.165) is 11.1 Å². The molecule has 0 saturated heterocycles. The molecule has 0 fully saturated rings. The van der Waals surface area contributed by atoms with Crippen LogP contribution in [0.1, 0.15) is 17.2 Å². The summed E-state index contributed by atoms with van der Waals surface area (Å²) in [5.41, 5.74) is 8.14. The molecule has 0 saturated carbocycles. The van der Waals surface area contributed by atoms with Crippen LogP contribution in [-0.4, -0.2) is 6.09 Å². The maximum absolute atomic E-state index is 11.9. The van der Waals surface area contributed by atoms with Gasteiger partial charge in [0.25, 0.3) is 0 Å². The Morgan fingerprint density at radius 1 is 1.23 bits per heavy atom. The Morgan fingerprint density at radius 2 is 2.05 bits per heavy atom. The average Bonchev–Trinajstić information content (AvgIpc) is 2.54. The van der Waals surface area contributed by atoms with Crippen molar-refractivity contribution in [1.29, 1.82) is 0 Å². The SMILES string of the molecule is Nc1ccc2c(c1)[C@@H](NC(=O)OCc1ccccc1)C=CO2. The quantitative estimate of drug-likeness (QED) is 0.853. The molecule has 22 heavy (non-hydrogen) atoms. The number of anilines is 1. The molecule has 2 aromatic rings. The first-order valence-corrected chi connectivity index (χ1v) is 6.92. The van der Waals surface area contributed by atoms with Crippen molar-refractivity contribution in [1.82, 2.24) is 5.32 Å². The molecule has 1 aliphatic heterocycles. The molecule has 0 spiro atoms. The maximum Gasteiger partial charge on any atom is 0.408 e. The van der Waals surface area contributed by atoms with Gasteiger partial charge >= 0.3 is 6.09 Å². The van der Waals surface area contributed by atoms with Gasteiger partial charge in [0.1, 0.15) is 12.4 Å². The van der Waals surface area contributed by atoms with Crippen molar-refractivity contribution < 1.29 is 14.3 Å². The van der Waals surface area contributed by atoms with Gasteiger partial charge in [-0.05, 0) is 29.8 Å². The Labute approximate surface area is 128 Å². The fraction of sp³-hybridized carbons (Fsp3) is 0.118. The lowest BCUT2D eigenvalue weighted by molar-refractivity contribution is 0.137. The number of hydrogen-bond acceptors (Lipinski definition) is 4. The second kappa shape index (κ2) is 6.22. The van der Waals surface area contributed by atoms with Gasteiger partial charge in [0.15, 0.2) is 0 Å². The molecular formula is C17H16N2O3. The molecule has 1 atom stereocenters. The van der Waals surface area contributed by atoms with Gasteiger partial charge in [0, 0.05) is 11.3 Å². The molecule has 1 amide bonds. The lowest BCUT2D eigenvalue weighted by Gasteiger charge is -2.22. The van der Waals surface area contributed by atoms with E-state index in [1.165, 1.54) is 0 Å². The van der Waals surface area contributed by atoms with Crippen LogP contribution in [0.3, 0.4) is 0 Å². The number of fused-ring (bicyclic) bond motifs is 1. The summed E-state index contributed by atoms with van der Waals surface area (Å²) in [5, 5.41) is 2.79. The van der Waals surface area contributed by atoms with Gasteiger partial charge < -0.3 is 20.5 Å². The van der Waals surface area contributed by atoms with Crippen molar-refractivity contribution in [2.24, 2.45) is 0 Å². The zero-order valence-electron chi connectivity index (χ0n) is 11.9. The highest BCUT2D eigenvalue weighted by Gasteiger charge is 2.20. The Kier molecular flexibility index (Phi) is 3.96. The minimum Gasteiger partial charge on any atom is -0.465 e. The van der Waals surface area contributed by atoms with Crippen LogP contribution in [0, 0.1) is 0 Å². The van der Waals surface area contributed by atoms with Crippen LogP contribution in [0.15, 0.2) is 60.9 Å². The van der Waals surface area contributed by atoms with Gasteiger partial charge in [0.2, 0.25) is 0 Å². The summed E-state index contributed by atoms with van der Waals surface area (Å²) < 4.78 is 10.6. The van der Waals surface area contributed by atoms with Crippen molar-refractivity contribution in [3.05, 3.63) is 72.0 Å². The third kappa shape index (κ3) is 3.20. The van der Waals surface area contributed by atoms with Crippen molar-refractivity contribution in [2.75, 3.05) is 5.73 Å². The molecular weight excluding hydrogens is 280 g/mol. The highest BCUT2D eigenvalue weighted by molar-refractivity contribution is 5.69. The zero-order valence-corrected chi connectivity index (χ0v) is 11.9. The molecule has 1 heterocycles. The van der Waals surface area contributed by atoms with Gasteiger partial charge in [0.05, 0.1) is 12.3 Å². The first-order chi connectivity index (χ1) is 10.7. The van der Waals surface area contributed by atoms with E-state index in [4.69, 9.17) is 15.2 Å². The van der Waals surface area contributed by atoms with Gasteiger partial charge in [-0.25, -0.2) is 4.79 Å². The molecule has 3 rings (SSSR count). The molecule has 2 aromatic carbocycles. The van der Waals surface area contributed by atoms with Crippen LogP contribution < -0.4 is 15.8 Å². The lowest BCUT2D eigenvalue weighted by atomic mass is 10.0. The summed E-state index contributed by atoms with van der Waals surface area (Å²) in [6.45, 7) is 0.226. The third-order valence-electron chi connectivity index (χ3n) is 3.32. The molecule has 1 aliphatic rings. The summed E-state index contributed by atoms with van der Waals surface area (Å²) in [4.78, 5) is 11.9. The Balaban J connectivity index is 1.63. The highest BCUT2D eigenvalue weighted by Crippen LogP contribution is 2.31. The van der Waals surface area contributed by atoms with Crippen LogP contribution in [0.2, 0.25) is 0 Å². The van der Waals surface area contributed by atoms with Crippen LogP contribution >= 0.6 is 0 Å². The predicted molar refractivity (Wildman–Crippen MR) is 83.1 cm³/mol. The standard InChI is InChI=1S/C17H16N2O3/c18-13-6-7-16-14(10-13)15(8-9-21-16)19-17(20)22-11-12-4-2-1-3-5-12/h1-10,15H,11,18H2,(H,19,20)/t15-/m0/s1. The number of alkyl carbamates (subject to hydrolysis) is 1. The number of rotatable bonds is 3. The smallest absolute Gasteiger partial charge is 0.408 e. The van der Waals surface area contributed by atoms with Crippen LogP contribution in [0.5, 0.6) is 5.75 Å². The molecule has 0 radical (unpaired) electrons. The topological polar surface area (TPSA) is 73.6 Å². The largest absolute Gasteiger partial charge is 0.465 e. The van der Waals surface area contributed by atoms with Crippen LogP contribution in [-0.2, 0) is 11.3 Å². The van der Waals surface area contributed by atoms with Gasteiger partial charge in [-0.15, -0.1) is 0 Å². The van der Waals surface area contributed by atoms with E-state index < -0.39 is 6.09 Å². The summed E-state index contributed by atoms with van der Waals surface area (Å²) in [6, 6.07) is 14.5. The number of carbonyl (C=O) groups is 1. The highest BCUT2D eigenvalue weighted by atomic mass is 16.5. The number of hydrogen-bond donors (Lipinski definition) is 2. The first-order valence-electron chi connectivity index (χ1n) is 6.92. The number of ether oxygens (including phenoxy) is 2. The van der Waals surface area contributed by atoms with Crippen molar-refractivity contribution in [3.8, 4) is 5.75 Å². The first kappa shape index (κ1) is 14.0. The molecule has 0 unspecified atom stereocenters. The number of nitrogens with one attached hydrogen (secondary N) is 1. The van der Waals surface area contributed by atoms with Gasteiger partial charge in [-0.1, -0.05) is 30.3 Å². The fourth-order valence-electron chi connectivity index (χ4n) is 2.23. The predicted octanol–water partition coefficient (Wildman–Crippen LogP) is 3.14. The second-order valence-corrected chi connectivity index (χ2v) is 4.93. The Morgan fingerprint density at radius 3 is 2.86 bits per heavy atom. The molecule has 112 valence electrons. The zero-order chi connectivity index (χ0) is 15.4. The van der Waals surface area contributed by atoms with E-state index in [-0.39, 0.29) is 12.6 Å². The van der Waals surface area contributed by atoms with Crippen molar-refractivity contribution in [3.63, 3.8) is 0 Å². The van der Waals surface area contributed by atoms with E-state index >= 15 is 0 Å². The fourth-order valence-corrected chi connectivity index (χ4v) is 2.23. The summed E-state index contributed by atoms with van der Waals surface area (Å²) in [6.07, 6.45) is 2.79. The monoisotopic (exact) mass is 296 g/mol. The average molecular weight is 296 g/mol. The van der Waals surface area contributed by atoms with Crippen molar-refractivity contribution >= 4 is 11.8 Å². The van der Waals surface area contributed by atoms with Crippen molar-refractivity contribution in [2.45, 2.75) is 12.6 Å². The minimum atomic E-state index is -0.492. The minimum absolute atomic E-state index is 0.226. The van der Waals surface area contributed by atoms with E-state index in [9.17, 15) is 4.79 Å². The molecule has 5 heteroatoms. The molecule has 5 nitrogen and oxygen atoms in total. The van der Waals surface area contributed by atoms with Gasteiger partial charge in [-0.2, -0.15) is 0 Å². The molecule has 3 N–H and O–H groups in total. The third-order valence-corrected chi connectivity index (χ3v) is 3.32. The Hall–Kier alpha value is -2.95. The van der Waals surface area contributed by atoms with E-state index in [1.807, 2.05) is 30.3 Å². The van der Waals surface area contributed by atoms with Crippen LogP contribution in [0.4, 0.5) is 10.5 Å². The maximum atomic E-state index is 11.9. The molecule has 0 bridgehead atoms. The Bertz CT molecular complexity index is 698. The summed E-state index contributed by atoms with van der Waals surface area (Å²) in [5.74, 6) is 0.671. The van der Waals surface area contributed by atoms with E-state index in [1.54, 1.807) is 30.5 Å². The number of carbonyl (C=O) groups excluding carboxylic acids is 1.